The number of carbonyl (C=O) groups excluding carboxylic acids is 1. The van der Waals surface area contributed by atoms with Gasteiger partial charge in [-0.2, -0.15) is 11.8 Å². The van der Waals surface area contributed by atoms with Gasteiger partial charge in [-0.15, -0.1) is 24.0 Å². The van der Waals surface area contributed by atoms with Gasteiger partial charge in [-0.05, 0) is 32.4 Å². The van der Waals surface area contributed by atoms with Gasteiger partial charge in [-0.25, -0.2) is 0 Å². The molecular weight excluding hydrogens is 411 g/mol. The molecule has 22 heavy (non-hydrogen) atoms. The molecule has 5 nitrogen and oxygen atoms in total. The van der Waals surface area contributed by atoms with Crippen molar-refractivity contribution in [1.82, 2.24) is 16.0 Å². The Morgan fingerprint density at radius 1 is 1.32 bits per heavy atom. The van der Waals surface area contributed by atoms with Crippen LogP contribution < -0.4 is 16.0 Å². The standard InChI is InChI=1S/C15H30N4OS.HI/c1-5-16-15(18-9-8-17-14(20)11(2)3)19-12-6-7-13(10-12)21-4;/h11-13H,5-10H2,1-4H3,(H,17,20)(H2,16,18,19);1H. The van der Waals surface area contributed by atoms with E-state index < -0.39 is 0 Å². The summed E-state index contributed by atoms with van der Waals surface area (Å²) in [4.78, 5) is 16.0. The van der Waals surface area contributed by atoms with Gasteiger partial charge >= 0.3 is 0 Å². The van der Waals surface area contributed by atoms with Crippen LogP contribution in [0.3, 0.4) is 0 Å². The number of thioether (sulfide) groups is 1. The molecule has 0 aromatic rings. The molecule has 1 aliphatic rings. The molecule has 7 heteroatoms. The van der Waals surface area contributed by atoms with Gasteiger partial charge in [0, 0.05) is 30.3 Å². The lowest BCUT2D eigenvalue weighted by Crippen LogP contribution is -2.43. The number of amides is 1. The summed E-state index contributed by atoms with van der Waals surface area (Å²) >= 11 is 1.96. The maximum absolute atomic E-state index is 11.5. The van der Waals surface area contributed by atoms with E-state index in [1.54, 1.807) is 0 Å². The predicted molar refractivity (Wildman–Crippen MR) is 107 cm³/mol. The Labute approximate surface area is 156 Å². The molecule has 1 saturated carbocycles. The molecule has 0 spiro atoms. The number of nitrogens with one attached hydrogen (secondary N) is 3. The summed E-state index contributed by atoms with van der Waals surface area (Å²) in [5.41, 5.74) is 0. The van der Waals surface area contributed by atoms with Crippen molar-refractivity contribution in [1.29, 1.82) is 0 Å². The van der Waals surface area contributed by atoms with Crippen molar-refractivity contribution in [2.75, 3.05) is 25.9 Å². The molecule has 0 radical (unpaired) electrons. The Bertz CT molecular complexity index is 352. The Morgan fingerprint density at radius 3 is 2.59 bits per heavy atom. The quantitative estimate of drug-likeness (QED) is 0.245. The SMILES string of the molecule is CCNC(=NCCNC(=O)C(C)C)NC1CCC(SC)C1.I. The lowest BCUT2D eigenvalue weighted by Gasteiger charge is -2.17. The third-order valence-corrected chi connectivity index (χ3v) is 4.70. The first-order chi connectivity index (χ1) is 10.1. The Hall–Kier alpha value is -0.180. The third kappa shape index (κ3) is 8.45. The lowest BCUT2D eigenvalue weighted by molar-refractivity contribution is -0.123. The first-order valence-corrected chi connectivity index (χ1v) is 9.21. The van der Waals surface area contributed by atoms with E-state index >= 15 is 0 Å². The van der Waals surface area contributed by atoms with E-state index in [4.69, 9.17) is 0 Å². The fraction of sp³-hybridized carbons (Fsp3) is 0.867. The minimum absolute atomic E-state index is 0. The largest absolute Gasteiger partial charge is 0.357 e. The average Bonchev–Trinajstić information content (AvgIpc) is 2.90. The first kappa shape index (κ1) is 21.8. The summed E-state index contributed by atoms with van der Waals surface area (Å²) in [7, 11) is 0. The number of hydrogen-bond donors (Lipinski definition) is 3. The topological polar surface area (TPSA) is 65.5 Å². The van der Waals surface area contributed by atoms with Gasteiger partial charge in [0.05, 0.1) is 6.54 Å². The van der Waals surface area contributed by atoms with Gasteiger partial charge in [-0.3, -0.25) is 9.79 Å². The van der Waals surface area contributed by atoms with E-state index in [9.17, 15) is 4.79 Å². The van der Waals surface area contributed by atoms with Crippen molar-refractivity contribution in [3.8, 4) is 0 Å². The Balaban J connectivity index is 0.00000441. The molecule has 0 aromatic heterocycles. The molecule has 0 aromatic carbocycles. The fourth-order valence-electron chi connectivity index (χ4n) is 2.35. The normalized spacial score (nSPS) is 21.4. The molecule has 2 atom stereocenters. The first-order valence-electron chi connectivity index (χ1n) is 7.92. The zero-order valence-electron chi connectivity index (χ0n) is 14.1. The van der Waals surface area contributed by atoms with Crippen LogP contribution in [0.25, 0.3) is 0 Å². The lowest BCUT2D eigenvalue weighted by atomic mass is 10.2. The second-order valence-corrected chi connectivity index (χ2v) is 6.86. The van der Waals surface area contributed by atoms with Gasteiger partial charge in [0.1, 0.15) is 0 Å². The summed E-state index contributed by atoms with van der Waals surface area (Å²) in [6.07, 6.45) is 5.88. The Morgan fingerprint density at radius 2 is 2.05 bits per heavy atom. The molecule has 0 bridgehead atoms. The van der Waals surface area contributed by atoms with Crippen molar-refractivity contribution in [2.24, 2.45) is 10.9 Å². The monoisotopic (exact) mass is 442 g/mol. The number of rotatable bonds is 7. The van der Waals surface area contributed by atoms with Crippen LogP contribution in [0.2, 0.25) is 0 Å². The molecule has 1 aliphatic carbocycles. The minimum Gasteiger partial charge on any atom is -0.357 e. The minimum atomic E-state index is 0. The van der Waals surface area contributed by atoms with E-state index in [-0.39, 0.29) is 35.8 Å². The van der Waals surface area contributed by atoms with E-state index in [0.29, 0.717) is 19.1 Å². The maximum Gasteiger partial charge on any atom is 0.222 e. The third-order valence-electron chi connectivity index (χ3n) is 3.61. The molecule has 3 N–H and O–H groups in total. The average molecular weight is 442 g/mol. The zero-order chi connectivity index (χ0) is 15.7. The molecule has 0 aliphatic heterocycles. The van der Waals surface area contributed by atoms with Gasteiger partial charge < -0.3 is 16.0 Å². The fourth-order valence-corrected chi connectivity index (χ4v) is 3.15. The Kier molecular flexibility index (Phi) is 12.2. The number of hydrogen-bond acceptors (Lipinski definition) is 3. The van der Waals surface area contributed by atoms with Crippen LogP contribution in [-0.2, 0) is 4.79 Å². The molecule has 1 fully saturated rings. The summed E-state index contributed by atoms with van der Waals surface area (Å²) in [5.74, 6) is 0.979. The number of carbonyl (C=O) groups is 1. The van der Waals surface area contributed by atoms with Gasteiger partial charge in [0.2, 0.25) is 5.91 Å². The number of nitrogens with zero attached hydrogens (tertiary/aromatic N) is 1. The van der Waals surface area contributed by atoms with Crippen LogP contribution in [0, 0.1) is 5.92 Å². The molecule has 2 unspecified atom stereocenters. The van der Waals surface area contributed by atoms with Crippen LogP contribution in [0.15, 0.2) is 4.99 Å². The molecule has 0 heterocycles. The van der Waals surface area contributed by atoms with Crippen molar-refractivity contribution >= 4 is 47.6 Å². The van der Waals surface area contributed by atoms with Crippen molar-refractivity contribution in [2.45, 2.75) is 51.3 Å². The molecular formula is C15H31IN4OS. The summed E-state index contributed by atoms with van der Waals surface area (Å²) in [6.45, 7) is 7.90. The van der Waals surface area contributed by atoms with Gasteiger partial charge in [-0.1, -0.05) is 13.8 Å². The van der Waals surface area contributed by atoms with Crippen LogP contribution >= 0.6 is 35.7 Å². The van der Waals surface area contributed by atoms with E-state index in [1.165, 1.54) is 19.3 Å². The summed E-state index contributed by atoms with van der Waals surface area (Å²) in [6, 6.07) is 0.519. The number of guanidine groups is 1. The highest BCUT2D eigenvalue weighted by molar-refractivity contribution is 14.0. The number of aliphatic imine (C=N–C) groups is 1. The highest BCUT2D eigenvalue weighted by Crippen LogP contribution is 2.27. The highest BCUT2D eigenvalue weighted by Gasteiger charge is 2.24. The second kappa shape index (κ2) is 12.3. The molecule has 1 rings (SSSR count). The van der Waals surface area contributed by atoms with Crippen LogP contribution in [0.5, 0.6) is 0 Å². The predicted octanol–water partition coefficient (Wildman–Crippen LogP) is 2.22. The highest BCUT2D eigenvalue weighted by atomic mass is 127. The van der Waals surface area contributed by atoms with Crippen LogP contribution in [0.1, 0.15) is 40.0 Å². The van der Waals surface area contributed by atoms with E-state index in [0.717, 1.165) is 17.8 Å². The summed E-state index contributed by atoms with van der Waals surface area (Å²) < 4.78 is 0. The van der Waals surface area contributed by atoms with Crippen molar-refractivity contribution in [3.63, 3.8) is 0 Å². The van der Waals surface area contributed by atoms with Crippen LogP contribution in [-0.4, -0.2) is 49.0 Å². The second-order valence-electron chi connectivity index (χ2n) is 5.72. The maximum atomic E-state index is 11.5. The molecule has 0 saturated heterocycles. The van der Waals surface area contributed by atoms with E-state index in [2.05, 4.69) is 34.1 Å². The van der Waals surface area contributed by atoms with Crippen molar-refractivity contribution in [3.05, 3.63) is 0 Å². The smallest absolute Gasteiger partial charge is 0.222 e. The van der Waals surface area contributed by atoms with E-state index in [1.807, 2.05) is 25.6 Å². The number of halogens is 1. The zero-order valence-corrected chi connectivity index (χ0v) is 17.3. The molecule has 1 amide bonds. The van der Waals surface area contributed by atoms with Crippen LogP contribution in [0.4, 0.5) is 0 Å². The van der Waals surface area contributed by atoms with Gasteiger partial charge in [0.15, 0.2) is 5.96 Å². The van der Waals surface area contributed by atoms with Gasteiger partial charge in [0.25, 0.3) is 0 Å². The van der Waals surface area contributed by atoms with Crippen molar-refractivity contribution < 1.29 is 4.79 Å². The molecule has 130 valence electrons. The summed E-state index contributed by atoms with van der Waals surface area (Å²) in [5, 5.41) is 10.4.